The average Bonchev–Trinajstić information content (AvgIpc) is 3.47. The van der Waals surface area contributed by atoms with Gasteiger partial charge in [-0.2, -0.15) is 0 Å². The van der Waals surface area contributed by atoms with Crippen LogP contribution >= 0.6 is 0 Å². The lowest BCUT2D eigenvalue weighted by molar-refractivity contribution is -0.139. The van der Waals surface area contributed by atoms with Crippen LogP contribution in [-0.4, -0.2) is 50.9 Å². The lowest BCUT2D eigenvalue weighted by Gasteiger charge is -2.32. The fraction of sp³-hybridized carbons (Fsp3) is 0.355. The summed E-state index contributed by atoms with van der Waals surface area (Å²) in [7, 11) is -2.58. The van der Waals surface area contributed by atoms with Crippen molar-refractivity contribution in [1.29, 1.82) is 0 Å². The van der Waals surface area contributed by atoms with Gasteiger partial charge in [-0.15, -0.1) is 0 Å². The molecule has 1 saturated carbocycles. The number of hydrogen-bond donors (Lipinski definition) is 1. The molecular weight excluding hydrogens is 526 g/mol. The van der Waals surface area contributed by atoms with Crippen molar-refractivity contribution in [1.82, 2.24) is 10.2 Å². The minimum atomic E-state index is -4.10. The molecule has 1 aliphatic rings. The smallest absolute Gasteiger partial charge is 0.264 e. The number of anilines is 1. The molecule has 8 nitrogen and oxygen atoms in total. The van der Waals surface area contributed by atoms with E-state index in [0.717, 1.165) is 41.1 Å². The third-order valence-electron chi connectivity index (χ3n) is 7.27. The maximum atomic E-state index is 14.0. The molecule has 0 unspecified atom stereocenters. The lowest BCUT2D eigenvalue weighted by atomic mass is 10.1. The van der Waals surface area contributed by atoms with Gasteiger partial charge in [0.25, 0.3) is 10.0 Å². The Balaban J connectivity index is 1.68. The van der Waals surface area contributed by atoms with Crippen LogP contribution in [0.4, 0.5) is 5.69 Å². The van der Waals surface area contributed by atoms with E-state index in [1.807, 2.05) is 31.2 Å². The molecule has 1 N–H and O–H groups in total. The molecule has 40 heavy (non-hydrogen) atoms. The molecular formula is C31H37N3O5S. The summed E-state index contributed by atoms with van der Waals surface area (Å²) in [5.41, 5.74) is 2.20. The molecule has 9 heteroatoms. The summed E-state index contributed by atoms with van der Waals surface area (Å²) in [4.78, 5) is 28.8. The number of carbonyl (C=O) groups is 2. The SMILES string of the molecule is COc1ccc(N(CC(=O)N(Cc2cccc(C)c2)[C@H](C)C(=O)NC2CCCC2)S(=O)(=O)c2ccccc2)cc1. The molecule has 0 aliphatic heterocycles. The largest absolute Gasteiger partial charge is 0.497 e. The Labute approximate surface area is 237 Å². The zero-order valence-electron chi connectivity index (χ0n) is 23.2. The first-order chi connectivity index (χ1) is 19.2. The van der Waals surface area contributed by atoms with Gasteiger partial charge in [-0.05, 0) is 68.7 Å². The average molecular weight is 564 g/mol. The Morgan fingerprint density at radius 1 is 0.975 bits per heavy atom. The fourth-order valence-corrected chi connectivity index (χ4v) is 6.41. The minimum absolute atomic E-state index is 0.0656. The molecule has 0 saturated heterocycles. The maximum absolute atomic E-state index is 14.0. The van der Waals surface area contributed by atoms with Crippen molar-refractivity contribution in [3.63, 3.8) is 0 Å². The molecule has 0 aromatic heterocycles. The number of hydrogen-bond acceptors (Lipinski definition) is 5. The number of ether oxygens (including phenoxy) is 1. The zero-order valence-corrected chi connectivity index (χ0v) is 24.1. The summed E-state index contributed by atoms with van der Waals surface area (Å²) < 4.78 is 34.0. The van der Waals surface area contributed by atoms with E-state index in [2.05, 4.69) is 5.32 Å². The van der Waals surface area contributed by atoms with Gasteiger partial charge in [0.05, 0.1) is 17.7 Å². The number of aryl methyl sites for hydroxylation is 1. The van der Waals surface area contributed by atoms with Crippen molar-refractivity contribution in [3.05, 3.63) is 90.0 Å². The van der Waals surface area contributed by atoms with Crippen molar-refractivity contribution < 1.29 is 22.7 Å². The van der Waals surface area contributed by atoms with Crippen molar-refractivity contribution in [3.8, 4) is 5.75 Å². The number of rotatable bonds is 11. The molecule has 1 atom stereocenters. The lowest BCUT2D eigenvalue weighted by Crippen LogP contribution is -2.52. The summed E-state index contributed by atoms with van der Waals surface area (Å²) >= 11 is 0. The van der Waals surface area contributed by atoms with Crippen LogP contribution in [0.5, 0.6) is 5.75 Å². The number of carbonyl (C=O) groups excluding carboxylic acids is 2. The van der Waals surface area contributed by atoms with Gasteiger partial charge in [-0.25, -0.2) is 8.42 Å². The van der Waals surface area contributed by atoms with E-state index in [1.54, 1.807) is 49.4 Å². The quantitative estimate of drug-likeness (QED) is 0.366. The van der Waals surface area contributed by atoms with Gasteiger partial charge >= 0.3 is 0 Å². The molecule has 1 aliphatic carbocycles. The first kappa shape index (κ1) is 29.1. The van der Waals surface area contributed by atoms with E-state index < -0.39 is 28.5 Å². The van der Waals surface area contributed by atoms with E-state index in [4.69, 9.17) is 4.74 Å². The summed E-state index contributed by atoms with van der Waals surface area (Å²) in [6, 6.07) is 21.5. The second kappa shape index (κ2) is 13.0. The maximum Gasteiger partial charge on any atom is 0.264 e. The van der Waals surface area contributed by atoms with Crippen LogP contribution in [0.3, 0.4) is 0 Å². The van der Waals surface area contributed by atoms with E-state index in [1.165, 1.54) is 24.1 Å². The molecule has 3 aromatic rings. The highest BCUT2D eigenvalue weighted by Gasteiger charge is 2.33. The molecule has 0 heterocycles. The number of amides is 2. The first-order valence-corrected chi connectivity index (χ1v) is 15.0. The fourth-order valence-electron chi connectivity index (χ4n) is 4.98. The molecule has 0 bridgehead atoms. The second-order valence-electron chi connectivity index (χ2n) is 10.2. The Morgan fingerprint density at radius 3 is 2.27 bits per heavy atom. The molecule has 1 fully saturated rings. The van der Waals surface area contributed by atoms with Gasteiger partial charge in [0.2, 0.25) is 11.8 Å². The number of nitrogens with zero attached hydrogens (tertiary/aromatic N) is 2. The summed E-state index contributed by atoms with van der Waals surface area (Å²) in [6.07, 6.45) is 3.98. The predicted molar refractivity (Wildman–Crippen MR) is 156 cm³/mol. The first-order valence-electron chi connectivity index (χ1n) is 13.6. The van der Waals surface area contributed by atoms with Crippen LogP contribution in [0, 0.1) is 6.92 Å². The molecule has 212 valence electrons. The van der Waals surface area contributed by atoms with Crippen molar-refractivity contribution in [2.45, 2.75) is 63.1 Å². The molecule has 0 spiro atoms. The van der Waals surface area contributed by atoms with Gasteiger partial charge in [0.15, 0.2) is 0 Å². The highest BCUT2D eigenvalue weighted by molar-refractivity contribution is 7.92. The number of benzene rings is 3. The standard InChI is InChI=1S/C31H37N3O5S/c1-23-10-9-11-25(20-23)21-33(24(2)31(36)32-26-12-7-8-13-26)30(35)22-34(27-16-18-28(39-3)19-17-27)40(37,38)29-14-5-4-6-15-29/h4-6,9-11,14-20,24,26H,7-8,12-13,21-22H2,1-3H3,(H,32,36)/t24-/m1/s1. The summed E-state index contributed by atoms with van der Waals surface area (Å²) in [5.74, 6) is -0.161. The predicted octanol–water partition coefficient (Wildman–Crippen LogP) is 4.68. The molecule has 3 aromatic carbocycles. The van der Waals surface area contributed by atoms with Gasteiger partial charge in [0.1, 0.15) is 18.3 Å². The van der Waals surface area contributed by atoms with Crippen molar-refractivity contribution in [2.24, 2.45) is 0 Å². The highest BCUT2D eigenvalue weighted by atomic mass is 32.2. The Kier molecular flexibility index (Phi) is 9.47. The van der Waals surface area contributed by atoms with Gasteiger partial charge in [0, 0.05) is 12.6 Å². The molecule has 2 amide bonds. The van der Waals surface area contributed by atoms with Crippen LogP contribution in [0.15, 0.2) is 83.8 Å². The highest BCUT2D eigenvalue weighted by Crippen LogP contribution is 2.27. The van der Waals surface area contributed by atoms with Crippen LogP contribution in [0.25, 0.3) is 0 Å². The van der Waals surface area contributed by atoms with Gasteiger partial charge in [-0.3, -0.25) is 13.9 Å². The topological polar surface area (TPSA) is 96.0 Å². The van der Waals surface area contributed by atoms with E-state index in [0.29, 0.717) is 11.4 Å². The van der Waals surface area contributed by atoms with Crippen LogP contribution < -0.4 is 14.4 Å². The number of sulfonamides is 1. The van der Waals surface area contributed by atoms with Crippen molar-refractivity contribution >= 4 is 27.5 Å². The number of nitrogens with one attached hydrogen (secondary N) is 1. The van der Waals surface area contributed by atoms with Crippen molar-refractivity contribution in [2.75, 3.05) is 18.0 Å². The molecule has 4 rings (SSSR count). The van der Waals surface area contributed by atoms with E-state index in [9.17, 15) is 18.0 Å². The van der Waals surface area contributed by atoms with Crippen LogP contribution in [-0.2, 0) is 26.2 Å². The normalized spacial score (nSPS) is 14.4. The summed E-state index contributed by atoms with van der Waals surface area (Å²) in [5, 5.41) is 3.09. The van der Waals surface area contributed by atoms with Crippen LogP contribution in [0.1, 0.15) is 43.7 Å². The van der Waals surface area contributed by atoms with E-state index >= 15 is 0 Å². The van der Waals surface area contributed by atoms with Gasteiger partial charge < -0.3 is 15.0 Å². The van der Waals surface area contributed by atoms with Gasteiger partial charge in [-0.1, -0.05) is 60.9 Å². The Bertz CT molecular complexity index is 1400. The second-order valence-corrected chi connectivity index (χ2v) is 12.1. The Hall–Kier alpha value is -3.85. The van der Waals surface area contributed by atoms with E-state index in [-0.39, 0.29) is 23.4 Å². The number of methoxy groups -OCH3 is 1. The zero-order chi connectivity index (χ0) is 28.7. The third-order valence-corrected chi connectivity index (χ3v) is 9.06. The third kappa shape index (κ3) is 7.01. The molecule has 0 radical (unpaired) electrons. The monoisotopic (exact) mass is 563 g/mol. The minimum Gasteiger partial charge on any atom is -0.497 e. The Morgan fingerprint density at radius 2 is 1.65 bits per heavy atom. The summed E-state index contributed by atoms with van der Waals surface area (Å²) in [6.45, 7) is 3.35. The van der Waals surface area contributed by atoms with Crippen LogP contribution in [0.2, 0.25) is 0 Å².